The summed E-state index contributed by atoms with van der Waals surface area (Å²) >= 11 is 0. The Kier molecular flexibility index (Phi) is 2.40. The molecule has 1 atom stereocenters. The van der Waals surface area contributed by atoms with Crippen LogP contribution in [0.3, 0.4) is 0 Å². The maximum Gasteiger partial charge on any atom is 0.250 e. The predicted octanol–water partition coefficient (Wildman–Crippen LogP) is -0.0913. The monoisotopic (exact) mass is 166 g/mol. The Morgan fingerprint density at radius 2 is 2.42 bits per heavy atom. The van der Waals surface area contributed by atoms with Gasteiger partial charge in [0.2, 0.25) is 0 Å². The summed E-state index contributed by atoms with van der Waals surface area (Å²) in [4.78, 5) is 14.4. The fraction of sp³-hybridized carbons (Fsp3) is 0.250. The molecule has 1 aromatic rings. The van der Waals surface area contributed by atoms with E-state index in [1.165, 1.54) is 6.20 Å². The van der Waals surface area contributed by atoms with Gasteiger partial charge >= 0.3 is 0 Å². The fourth-order valence-corrected chi connectivity index (χ4v) is 0.916. The van der Waals surface area contributed by atoms with Crippen LogP contribution in [0, 0.1) is 6.92 Å². The molecular formula is C8H10N2O2. The van der Waals surface area contributed by atoms with Crippen LogP contribution in [-0.2, 0) is 4.79 Å². The van der Waals surface area contributed by atoms with Gasteiger partial charge in [-0.25, -0.2) is 0 Å². The average molecular weight is 166 g/mol. The minimum absolute atomic E-state index is 0.463. The van der Waals surface area contributed by atoms with Gasteiger partial charge in [-0.2, -0.15) is 0 Å². The summed E-state index contributed by atoms with van der Waals surface area (Å²) in [6.45, 7) is 1.78. The standard InChI is InChI=1S/C8H10N2O2/c1-5-2-3-10-4-6(5)7(11)8(9)12/h2-4,7,11H,1H3,(H2,9,12). The first kappa shape index (κ1) is 8.67. The third-order valence-electron chi connectivity index (χ3n) is 1.64. The van der Waals surface area contributed by atoms with Crippen molar-refractivity contribution in [2.45, 2.75) is 13.0 Å². The minimum atomic E-state index is -1.25. The van der Waals surface area contributed by atoms with Gasteiger partial charge in [-0.3, -0.25) is 9.78 Å². The van der Waals surface area contributed by atoms with Crippen LogP contribution in [0.5, 0.6) is 0 Å². The van der Waals surface area contributed by atoms with E-state index in [1.807, 2.05) is 0 Å². The summed E-state index contributed by atoms with van der Waals surface area (Å²) in [6.07, 6.45) is 1.77. The second-order valence-corrected chi connectivity index (χ2v) is 2.54. The Hall–Kier alpha value is -1.42. The summed E-state index contributed by atoms with van der Waals surface area (Å²) in [5.74, 6) is -0.758. The van der Waals surface area contributed by atoms with Crippen LogP contribution in [0.25, 0.3) is 0 Å². The van der Waals surface area contributed by atoms with Crippen LogP contribution >= 0.6 is 0 Å². The molecule has 0 fully saturated rings. The topological polar surface area (TPSA) is 76.2 Å². The van der Waals surface area contributed by atoms with Crippen LogP contribution in [0.4, 0.5) is 0 Å². The van der Waals surface area contributed by atoms with Crippen LogP contribution in [-0.4, -0.2) is 16.0 Å². The molecule has 0 saturated carbocycles. The zero-order chi connectivity index (χ0) is 9.14. The number of hydrogen-bond acceptors (Lipinski definition) is 3. The quantitative estimate of drug-likeness (QED) is 0.644. The highest BCUT2D eigenvalue weighted by Crippen LogP contribution is 2.14. The van der Waals surface area contributed by atoms with Gasteiger partial charge in [0, 0.05) is 18.0 Å². The predicted molar refractivity (Wildman–Crippen MR) is 43.1 cm³/mol. The van der Waals surface area contributed by atoms with Gasteiger partial charge in [0.25, 0.3) is 5.91 Å². The number of carbonyl (C=O) groups excluding carboxylic acids is 1. The zero-order valence-corrected chi connectivity index (χ0v) is 6.69. The summed E-state index contributed by atoms with van der Waals surface area (Å²) in [7, 11) is 0. The maximum atomic E-state index is 10.6. The number of hydrogen-bond donors (Lipinski definition) is 2. The molecule has 1 unspecified atom stereocenters. The summed E-state index contributed by atoms with van der Waals surface area (Å²) < 4.78 is 0. The van der Waals surface area contributed by atoms with Gasteiger partial charge in [-0.1, -0.05) is 0 Å². The van der Waals surface area contributed by atoms with E-state index in [-0.39, 0.29) is 0 Å². The number of aromatic nitrogens is 1. The number of carbonyl (C=O) groups is 1. The Morgan fingerprint density at radius 1 is 1.75 bits per heavy atom. The van der Waals surface area contributed by atoms with Crippen LogP contribution in [0.2, 0.25) is 0 Å². The van der Waals surface area contributed by atoms with Crippen LogP contribution < -0.4 is 5.73 Å². The number of nitrogens with zero attached hydrogens (tertiary/aromatic N) is 1. The molecule has 0 aromatic carbocycles. The highest BCUT2D eigenvalue weighted by atomic mass is 16.3. The second-order valence-electron chi connectivity index (χ2n) is 2.54. The normalized spacial score (nSPS) is 12.5. The number of amides is 1. The van der Waals surface area contributed by atoms with Crippen LogP contribution in [0.1, 0.15) is 17.2 Å². The van der Waals surface area contributed by atoms with Crippen molar-refractivity contribution in [1.82, 2.24) is 4.98 Å². The molecule has 64 valence electrons. The largest absolute Gasteiger partial charge is 0.378 e. The SMILES string of the molecule is Cc1ccncc1C(O)C(N)=O. The van der Waals surface area contributed by atoms with E-state index in [1.54, 1.807) is 19.2 Å². The molecule has 0 spiro atoms. The minimum Gasteiger partial charge on any atom is -0.378 e. The summed E-state index contributed by atoms with van der Waals surface area (Å²) in [5, 5.41) is 9.26. The molecule has 0 aliphatic carbocycles. The number of aliphatic hydroxyl groups is 1. The number of nitrogens with two attached hydrogens (primary N) is 1. The van der Waals surface area contributed by atoms with Crippen molar-refractivity contribution in [2.24, 2.45) is 5.73 Å². The maximum absolute atomic E-state index is 10.6. The lowest BCUT2D eigenvalue weighted by Crippen LogP contribution is -2.21. The molecule has 0 aliphatic heterocycles. The van der Waals surface area contributed by atoms with Gasteiger partial charge in [0.1, 0.15) is 0 Å². The smallest absolute Gasteiger partial charge is 0.250 e. The van der Waals surface area contributed by atoms with Crippen molar-refractivity contribution in [1.29, 1.82) is 0 Å². The van der Waals surface area contributed by atoms with E-state index in [0.29, 0.717) is 5.56 Å². The Bertz CT molecular complexity index is 299. The first-order valence-electron chi connectivity index (χ1n) is 3.51. The molecule has 1 heterocycles. The van der Waals surface area contributed by atoms with Crippen molar-refractivity contribution >= 4 is 5.91 Å². The highest BCUT2D eigenvalue weighted by molar-refractivity contribution is 5.80. The van der Waals surface area contributed by atoms with Crippen LogP contribution in [0.15, 0.2) is 18.5 Å². The third-order valence-corrected chi connectivity index (χ3v) is 1.64. The van der Waals surface area contributed by atoms with Gasteiger partial charge < -0.3 is 10.8 Å². The summed E-state index contributed by atoms with van der Waals surface area (Å²) in [5.41, 5.74) is 6.19. The molecule has 1 amide bonds. The Balaban J connectivity index is 3.02. The summed E-state index contributed by atoms with van der Waals surface area (Å²) in [6, 6.07) is 1.71. The van der Waals surface area contributed by atoms with Crippen molar-refractivity contribution in [3.63, 3.8) is 0 Å². The first-order valence-corrected chi connectivity index (χ1v) is 3.51. The van der Waals surface area contributed by atoms with Crippen molar-refractivity contribution in [3.05, 3.63) is 29.6 Å². The van der Waals surface area contributed by atoms with Crippen molar-refractivity contribution < 1.29 is 9.90 Å². The van der Waals surface area contributed by atoms with Crippen molar-refractivity contribution in [2.75, 3.05) is 0 Å². The average Bonchev–Trinajstić information content (AvgIpc) is 2.04. The molecule has 12 heavy (non-hydrogen) atoms. The van der Waals surface area contributed by atoms with E-state index < -0.39 is 12.0 Å². The van der Waals surface area contributed by atoms with Crippen molar-refractivity contribution in [3.8, 4) is 0 Å². The zero-order valence-electron chi connectivity index (χ0n) is 6.69. The van der Waals surface area contributed by atoms with E-state index in [0.717, 1.165) is 5.56 Å². The van der Waals surface area contributed by atoms with Gasteiger partial charge in [0.15, 0.2) is 6.10 Å². The molecule has 0 radical (unpaired) electrons. The molecular weight excluding hydrogens is 156 g/mol. The molecule has 1 aromatic heterocycles. The number of rotatable bonds is 2. The lowest BCUT2D eigenvalue weighted by atomic mass is 10.1. The first-order chi connectivity index (χ1) is 5.63. The number of pyridine rings is 1. The molecule has 3 N–H and O–H groups in total. The van der Waals surface area contributed by atoms with Gasteiger partial charge in [-0.15, -0.1) is 0 Å². The molecule has 4 heteroatoms. The van der Waals surface area contributed by atoms with E-state index >= 15 is 0 Å². The number of aliphatic hydroxyl groups excluding tert-OH is 1. The third kappa shape index (κ3) is 1.60. The van der Waals surface area contributed by atoms with Gasteiger partial charge in [0.05, 0.1) is 0 Å². The van der Waals surface area contributed by atoms with E-state index in [9.17, 15) is 9.90 Å². The molecule has 0 saturated heterocycles. The Morgan fingerprint density at radius 3 is 2.92 bits per heavy atom. The van der Waals surface area contributed by atoms with Gasteiger partial charge in [-0.05, 0) is 18.6 Å². The molecule has 1 rings (SSSR count). The number of primary amides is 1. The lowest BCUT2D eigenvalue weighted by molar-refractivity contribution is -0.126. The Labute approximate surface area is 70.0 Å². The molecule has 4 nitrogen and oxygen atoms in total. The molecule has 0 aliphatic rings. The number of aryl methyl sites for hydroxylation is 1. The second kappa shape index (κ2) is 3.32. The van der Waals surface area contributed by atoms with E-state index in [4.69, 9.17) is 5.73 Å². The molecule has 0 bridgehead atoms. The highest BCUT2D eigenvalue weighted by Gasteiger charge is 2.15. The van der Waals surface area contributed by atoms with E-state index in [2.05, 4.69) is 4.98 Å². The fourth-order valence-electron chi connectivity index (χ4n) is 0.916. The lowest BCUT2D eigenvalue weighted by Gasteiger charge is -2.08.